The van der Waals surface area contributed by atoms with Crippen molar-refractivity contribution in [2.75, 3.05) is 0 Å². The molecule has 0 amide bonds. The van der Waals surface area contributed by atoms with Crippen molar-refractivity contribution in [2.45, 2.75) is 71.9 Å². The van der Waals surface area contributed by atoms with Crippen molar-refractivity contribution in [2.24, 2.45) is 11.3 Å². The highest BCUT2D eigenvalue weighted by atomic mass is 19.1. The highest BCUT2D eigenvalue weighted by Crippen LogP contribution is 2.40. The van der Waals surface area contributed by atoms with Crippen molar-refractivity contribution >= 4 is 0 Å². The molecule has 2 heteroatoms. The standard InChI is InChI=1S/C19H30FN/c1-5-19(3,4)16-8-12-18(13-9-16)21-14(2)15-6-10-17(20)11-7-15/h6-7,10-11,14,16,18,21H,5,8-9,12-13H2,1-4H3/t14-,16?,18?/m1/s1. The number of rotatable bonds is 5. The highest BCUT2D eigenvalue weighted by molar-refractivity contribution is 5.19. The highest BCUT2D eigenvalue weighted by Gasteiger charge is 2.32. The summed E-state index contributed by atoms with van der Waals surface area (Å²) in [6.45, 7) is 9.30. The van der Waals surface area contributed by atoms with E-state index in [-0.39, 0.29) is 5.82 Å². The first-order chi connectivity index (χ1) is 9.92. The lowest BCUT2D eigenvalue weighted by atomic mass is 9.69. The topological polar surface area (TPSA) is 12.0 Å². The van der Waals surface area contributed by atoms with Gasteiger partial charge >= 0.3 is 0 Å². The zero-order valence-corrected chi connectivity index (χ0v) is 14.0. The van der Waals surface area contributed by atoms with E-state index in [1.807, 2.05) is 12.1 Å². The van der Waals surface area contributed by atoms with Gasteiger partial charge in [0.1, 0.15) is 5.82 Å². The van der Waals surface area contributed by atoms with Gasteiger partial charge in [0, 0.05) is 12.1 Å². The van der Waals surface area contributed by atoms with Gasteiger partial charge in [0.05, 0.1) is 0 Å². The fourth-order valence-corrected chi connectivity index (χ4v) is 3.53. The minimum atomic E-state index is -0.159. The molecule has 0 bridgehead atoms. The Morgan fingerprint density at radius 1 is 1.14 bits per heavy atom. The van der Waals surface area contributed by atoms with Gasteiger partial charge in [-0.25, -0.2) is 4.39 Å². The van der Waals surface area contributed by atoms with Crippen LogP contribution >= 0.6 is 0 Å². The van der Waals surface area contributed by atoms with Crippen LogP contribution in [0.5, 0.6) is 0 Å². The zero-order valence-electron chi connectivity index (χ0n) is 14.0. The van der Waals surface area contributed by atoms with Gasteiger partial charge in [-0.3, -0.25) is 0 Å². The molecule has 0 spiro atoms. The molecule has 1 aliphatic rings. The monoisotopic (exact) mass is 291 g/mol. The lowest BCUT2D eigenvalue weighted by molar-refractivity contribution is 0.134. The Balaban J connectivity index is 1.84. The lowest BCUT2D eigenvalue weighted by Gasteiger charge is -2.39. The minimum absolute atomic E-state index is 0.159. The second-order valence-electron chi connectivity index (χ2n) is 7.33. The van der Waals surface area contributed by atoms with Crippen molar-refractivity contribution in [1.29, 1.82) is 0 Å². The second-order valence-corrected chi connectivity index (χ2v) is 7.33. The number of halogens is 1. The first-order valence-corrected chi connectivity index (χ1v) is 8.44. The smallest absolute Gasteiger partial charge is 0.123 e. The van der Waals surface area contributed by atoms with E-state index in [9.17, 15) is 4.39 Å². The summed E-state index contributed by atoms with van der Waals surface area (Å²) in [6.07, 6.45) is 6.45. The maximum absolute atomic E-state index is 13.0. The van der Waals surface area contributed by atoms with E-state index < -0.39 is 0 Å². The molecule has 21 heavy (non-hydrogen) atoms. The van der Waals surface area contributed by atoms with Crippen molar-refractivity contribution in [1.82, 2.24) is 5.32 Å². The molecule has 1 atom stereocenters. The summed E-state index contributed by atoms with van der Waals surface area (Å²) >= 11 is 0. The zero-order chi connectivity index (χ0) is 15.5. The summed E-state index contributed by atoms with van der Waals surface area (Å²) in [5.74, 6) is 0.704. The quantitative estimate of drug-likeness (QED) is 0.758. The summed E-state index contributed by atoms with van der Waals surface area (Å²) in [5.41, 5.74) is 1.65. The van der Waals surface area contributed by atoms with Gasteiger partial charge in [-0.15, -0.1) is 0 Å². The fraction of sp³-hybridized carbons (Fsp3) is 0.684. The minimum Gasteiger partial charge on any atom is -0.307 e. The maximum Gasteiger partial charge on any atom is 0.123 e. The Morgan fingerprint density at radius 3 is 2.24 bits per heavy atom. The Hall–Kier alpha value is -0.890. The third-order valence-electron chi connectivity index (χ3n) is 5.60. The molecule has 1 nitrogen and oxygen atoms in total. The van der Waals surface area contributed by atoms with Crippen LogP contribution in [0.4, 0.5) is 4.39 Å². The molecule has 0 heterocycles. The van der Waals surface area contributed by atoms with E-state index in [2.05, 4.69) is 33.0 Å². The van der Waals surface area contributed by atoms with Gasteiger partial charge in [0.25, 0.3) is 0 Å². The number of nitrogens with one attached hydrogen (secondary N) is 1. The van der Waals surface area contributed by atoms with Gasteiger partial charge in [-0.1, -0.05) is 39.3 Å². The van der Waals surface area contributed by atoms with Crippen molar-refractivity contribution < 1.29 is 4.39 Å². The summed E-state index contributed by atoms with van der Waals surface area (Å²) < 4.78 is 13.0. The summed E-state index contributed by atoms with van der Waals surface area (Å²) in [5, 5.41) is 3.72. The van der Waals surface area contributed by atoms with E-state index in [1.54, 1.807) is 12.1 Å². The van der Waals surface area contributed by atoms with Crippen molar-refractivity contribution in [3.63, 3.8) is 0 Å². The van der Waals surface area contributed by atoms with Crippen LogP contribution in [0, 0.1) is 17.2 Å². The molecular formula is C19H30FN. The predicted octanol–water partition coefficient (Wildman–Crippen LogP) is 5.47. The Kier molecular flexibility index (Phi) is 5.43. The van der Waals surface area contributed by atoms with E-state index in [1.165, 1.54) is 37.7 Å². The second kappa shape index (κ2) is 6.91. The van der Waals surface area contributed by atoms with Gasteiger partial charge in [-0.2, -0.15) is 0 Å². The molecule has 0 aromatic heterocycles. The number of benzene rings is 1. The van der Waals surface area contributed by atoms with Crippen LogP contribution in [0.15, 0.2) is 24.3 Å². The molecule has 0 aliphatic heterocycles. The molecule has 1 aliphatic carbocycles. The average Bonchev–Trinajstić information content (AvgIpc) is 2.48. The predicted molar refractivity (Wildman–Crippen MR) is 87.8 cm³/mol. The van der Waals surface area contributed by atoms with Gasteiger partial charge in [-0.05, 0) is 61.6 Å². The Bertz CT molecular complexity index is 429. The summed E-state index contributed by atoms with van der Waals surface area (Å²) in [4.78, 5) is 0. The van der Waals surface area contributed by atoms with Crippen LogP contribution in [-0.4, -0.2) is 6.04 Å². The molecule has 1 saturated carbocycles. The van der Waals surface area contributed by atoms with E-state index >= 15 is 0 Å². The van der Waals surface area contributed by atoms with Gasteiger partial charge in [0.2, 0.25) is 0 Å². The first-order valence-electron chi connectivity index (χ1n) is 8.44. The molecule has 0 radical (unpaired) electrons. The number of hydrogen-bond acceptors (Lipinski definition) is 1. The summed E-state index contributed by atoms with van der Waals surface area (Å²) in [6, 6.07) is 7.78. The lowest BCUT2D eigenvalue weighted by Crippen LogP contribution is -2.38. The van der Waals surface area contributed by atoms with Crippen LogP contribution in [0.1, 0.15) is 71.4 Å². The van der Waals surface area contributed by atoms with Gasteiger partial charge < -0.3 is 5.32 Å². The molecule has 0 unspecified atom stereocenters. The molecular weight excluding hydrogens is 261 g/mol. The summed E-state index contributed by atoms with van der Waals surface area (Å²) in [7, 11) is 0. The average molecular weight is 291 g/mol. The SMILES string of the molecule is CCC(C)(C)C1CCC(N[C@H](C)c2ccc(F)cc2)CC1. The van der Waals surface area contributed by atoms with E-state index in [0.717, 1.165) is 5.92 Å². The van der Waals surface area contributed by atoms with Crippen LogP contribution in [-0.2, 0) is 0 Å². The maximum atomic E-state index is 13.0. The van der Waals surface area contributed by atoms with Gasteiger partial charge in [0.15, 0.2) is 0 Å². The van der Waals surface area contributed by atoms with Crippen molar-refractivity contribution in [3.8, 4) is 0 Å². The molecule has 118 valence electrons. The number of hydrogen-bond donors (Lipinski definition) is 1. The molecule has 2 rings (SSSR count). The van der Waals surface area contributed by atoms with Crippen LogP contribution in [0.2, 0.25) is 0 Å². The third-order valence-corrected chi connectivity index (χ3v) is 5.60. The normalized spacial score (nSPS) is 24.8. The molecule has 1 fully saturated rings. The molecule has 1 N–H and O–H groups in total. The third kappa shape index (κ3) is 4.29. The Morgan fingerprint density at radius 2 is 1.71 bits per heavy atom. The van der Waals surface area contributed by atoms with Crippen LogP contribution < -0.4 is 5.32 Å². The Labute approximate surface area is 129 Å². The first kappa shape index (κ1) is 16.5. The van der Waals surface area contributed by atoms with Crippen molar-refractivity contribution in [3.05, 3.63) is 35.6 Å². The molecule has 1 aromatic rings. The van der Waals surface area contributed by atoms with Crippen LogP contribution in [0.25, 0.3) is 0 Å². The molecule has 1 aromatic carbocycles. The van der Waals surface area contributed by atoms with E-state index in [0.29, 0.717) is 17.5 Å². The van der Waals surface area contributed by atoms with Crippen LogP contribution in [0.3, 0.4) is 0 Å². The fourth-order valence-electron chi connectivity index (χ4n) is 3.53. The molecule has 0 saturated heterocycles. The largest absolute Gasteiger partial charge is 0.307 e. The van der Waals surface area contributed by atoms with E-state index in [4.69, 9.17) is 0 Å².